The highest BCUT2D eigenvalue weighted by Crippen LogP contribution is 2.46. The summed E-state index contributed by atoms with van der Waals surface area (Å²) in [6.07, 6.45) is 3.54. The number of halogens is 1. The molecule has 1 aliphatic heterocycles. The van der Waals surface area contributed by atoms with Crippen molar-refractivity contribution in [1.29, 1.82) is 0 Å². The Labute approximate surface area is 198 Å². The second kappa shape index (κ2) is 8.11. The molecule has 9 heteroatoms. The van der Waals surface area contributed by atoms with Crippen LogP contribution in [0.15, 0.2) is 73.1 Å². The van der Waals surface area contributed by atoms with Crippen molar-refractivity contribution in [3.8, 4) is 17.1 Å². The van der Waals surface area contributed by atoms with Gasteiger partial charge in [-0.1, -0.05) is 12.1 Å². The van der Waals surface area contributed by atoms with Gasteiger partial charge < -0.3 is 5.32 Å². The molecule has 0 fully saturated rings. The first-order chi connectivity index (χ1) is 16.6. The van der Waals surface area contributed by atoms with Crippen LogP contribution in [-0.4, -0.2) is 36.2 Å². The van der Waals surface area contributed by atoms with E-state index < -0.39 is 0 Å². The lowest BCUT2D eigenvalue weighted by atomic mass is 10.0. The molecule has 1 amide bonds. The molecule has 0 bridgehead atoms. The van der Waals surface area contributed by atoms with Crippen LogP contribution in [0.1, 0.15) is 16.4 Å². The predicted octanol–water partition coefficient (Wildman–Crippen LogP) is 4.73. The maximum absolute atomic E-state index is 13.4. The number of rotatable bonds is 3. The highest BCUT2D eigenvalue weighted by molar-refractivity contribution is 8.00. The summed E-state index contributed by atoms with van der Waals surface area (Å²) in [7, 11) is 1.83. The number of carbonyl (C=O) groups excluding carboxylic acids is 1. The van der Waals surface area contributed by atoms with Crippen LogP contribution in [0.5, 0.6) is 0 Å². The molecule has 3 aromatic heterocycles. The second-order valence-corrected chi connectivity index (χ2v) is 9.13. The fraction of sp³-hybridized carbons (Fsp3) is 0.120. The highest BCUT2D eigenvalue weighted by Gasteiger charge is 2.32. The molecule has 0 saturated heterocycles. The van der Waals surface area contributed by atoms with E-state index in [2.05, 4.69) is 27.5 Å². The SMILES string of the molecule is Cn1nc(-c2ccccn2)c2c1NC(=O)CSC2c1ccc2c(cnn2-c2ccc(F)cc2)c1. The smallest absolute Gasteiger partial charge is 0.235 e. The number of thioether (sulfide) groups is 1. The molecule has 5 aromatic rings. The molecule has 1 aliphatic rings. The molecule has 1 atom stereocenters. The lowest BCUT2D eigenvalue weighted by Crippen LogP contribution is -2.15. The molecule has 1 N–H and O–H groups in total. The van der Waals surface area contributed by atoms with Gasteiger partial charge in [-0.05, 0) is 54.1 Å². The van der Waals surface area contributed by atoms with Gasteiger partial charge in [0.05, 0.1) is 34.1 Å². The topological polar surface area (TPSA) is 77.6 Å². The van der Waals surface area contributed by atoms with Crippen molar-refractivity contribution in [2.45, 2.75) is 5.25 Å². The van der Waals surface area contributed by atoms with Crippen LogP contribution >= 0.6 is 11.8 Å². The van der Waals surface area contributed by atoms with Crippen LogP contribution in [-0.2, 0) is 11.8 Å². The van der Waals surface area contributed by atoms with Gasteiger partial charge in [0.2, 0.25) is 5.91 Å². The molecule has 4 heterocycles. The summed E-state index contributed by atoms with van der Waals surface area (Å²) < 4.78 is 16.9. The highest BCUT2D eigenvalue weighted by atomic mass is 32.2. The first-order valence-electron chi connectivity index (χ1n) is 10.7. The van der Waals surface area contributed by atoms with Gasteiger partial charge in [0.25, 0.3) is 0 Å². The summed E-state index contributed by atoms with van der Waals surface area (Å²) in [4.78, 5) is 17.0. The average molecular weight is 471 g/mol. The van der Waals surface area contributed by atoms with E-state index in [9.17, 15) is 9.18 Å². The molecule has 6 rings (SSSR count). The van der Waals surface area contributed by atoms with E-state index >= 15 is 0 Å². The normalized spacial score (nSPS) is 15.7. The van der Waals surface area contributed by atoms with Gasteiger partial charge in [0.15, 0.2) is 0 Å². The number of hydrogen-bond acceptors (Lipinski definition) is 5. The molecule has 1 unspecified atom stereocenters. The number of nitrogens with zero attached hydrogens (tertiary/aromatic N) is 5. The van der Waals surface area contributed by atoms with Crippen molar-refractivity contribution in [3.63, 3.8) is 0 Å². The summed E-state index contributed by atoms with van der Waals surface area (Å²) in [5, 5.41) is 13.1. The minimum atomic E-state index is -0.285. The molecule has 0 radical (unpaired) electrons. The maximum Gasteiger partial charge on any atom is 0.235 e. The van der Waals surface area contributed by atoms with Crippen LogP contribution in [0.3, 0.4) is 0 Å². The molecular formula is C25H19FN6OS. The van der Waals surface area contributed by atoms with Gasteiger partial charge in [-0.2, -0.15) is 10.2 Å². The number of amides is 1. The summed E-state index contributed by atoms with van der Waals surface area (Å²) in [6.45, 7) is 0. The predicted molar refractivity (Wildman–Crippen MR) is 130 cm³/mol. The first-order valence-corrected chi connectivity index (χ1v) is 11.8. The van der Waals surface area contributed by atoms with E-state index in [4.69, 9.17) is 5.10 Å². The van der Waals surface area contributed by atoms with E-state index in [1.165, 1.54) is 12.1 Å². The van der Waals surface area contributed by atoms with Gasteiger partial charge in [0.1, 0.15) is 17.3 Å². The standard InChI is InChI=1S/C25H19FN6OS/c1-31-25-22(23(30-31)19-4-2-3-11-27-19)24(34-14-21(33)29-25)15-5-10-20-16(12-15)13-28-32(20)18-8-6-17(26)7-9-18/h2-13,24H,14H2,1H3,(H,29,33). The fourth-order valence-electron chi connectivity index (χ4n) is 4.30. The Morgan fingerprint density at radius 3 is 2.76 bits per heavy atom. The number of nitrogens with one attached hydrogen (secondary N) is 1. The van der Waals surface area contributed by atoms with Crippen molar-refractivity contribution >= 4 is 34.4 Å². The Balaban J connectivity index is 1.48. The zero-order valence-corrected chi connectivity index (χ0v) is 19.0. The number of aryl methyl sites for hydroxylation is 1. The molecule has 0 spiro atoms. The maximum atomic E-state index is 13.4. The summed E-state index contributed by atoms with van der Waals surface area (Å²) in [5.74, 6) is 0.665. The zero-order chi connectivity index (χ0) is 23.2. The van der Waals surface area contributed by atoms with E-state index in [1.54, 1.807) is 45.7 Å². The minimum absolute atomic E-state index is 0.0606. The fourth-order valence-corrected chi connectivity index (χ4v) is 5.42. The van der Waals surface area contributed by atoms with Crippen LogP contribution in [0.25, 0.3) is 28.0 Å². The number of carbonyl (C=O) groups is 1. The molecule has 2 aromatic carbocycles. The van der Waals surface area contributed by atoms with Crippen molar-refractivity contribution in [2.75, 3.05) is 11.1 Å². The lowest BCUT2D eigenvalue weighted by Gasteiger charge is -2.16. The van der Waals surface area contributed by atoms with Crippen LogP contribution in [0.4, 0.5) is 10.2 Å². The van der Waals surface area contributed by atoms with Crippen molar-refractivity contribution in [2.24, 2.45) is 7.05 Å². The monoisotopic (exact) mass is 470 g/mol. The number of anilines is 1. The third kappa shape index (κ3) is 3.45. The Morgan fingerprint density at radius 2 is 1.97 bits per heavy atom. The van der Waals surface area contributed by atoms with E-state index in [0.717, 1.165) is 39.1 Å². The minimum Gasteiger partial charge on any atom is -0.310 e. The molecular weight excluding hydrogens is 451 g/mol. The Kier molecular flexibility index (Phi) is 4.91. The number of aromatic nitrogens is 5. The number of fused-ring (bicyclic) bond motifs is 2. The number of hydrogen-bond donors (Lipinski definition) is 1. The molecule has 168 valence electrons. The van der Waals surface area contributed by atoms with Crippen LogP contribution in [0.2, 0.25) is 0 Å². The summed E-state index contributed by atoms with van der Waals surface area (Å²) in [6, 6.07) is 18.1. The Morgan fingerprint density at radius 1 is 1.12 bits per heavy atom. The van der Waals surface area contributed by atoms with E-state index in [1.807, 2.05) is 31.3 Å². The molecule has 0 aliphatic carbocycles. The lowest BCUT2D eigenvalue weighted by molar-refractivity contribution is -0.113. The van der Waals surface area contributed by atoms with Gasteiger partial charge in [-0.25, -0.2) is 9.07 Å². The number of benzene rings is 2. The van der Waals surface area contributed by atoms with Crippen LogP contribution in [0, 0.1) is 5.82 Å². The second-order valence-electron chi connectivity index (χ2n) is 8.04. The van der Waals surface area contributed by atoms with E-state index in [-0.39, 0.29) is 17.0 Å². The summed E-state index contributed by atoms with van der Waals surface area (Å²) >= 11 is 1.56. The van der Waals surface area contributed by atoms with Crippen molar-refractivity contribution in [1.82, 2.24) is 24.5 Å². The Bertz CT molecular complexity index is 1530. The van der Waals surface area contributed by atoms with Crippen molar-refractivity contribution in [3.05, 3.63) is 90.0 Å². The largest absolute Gasteiger partial charge is 0.310 e. The van der Waals surface area contributed by atoms with E-state index in [0.29, 0.717) is 11.6 Å². The van der Waals surface area contributed by atoms with Gasteiger partial charge >= 0.3 is 0 Å². The molecule has 0 saturated carbocycles. The third-order valence-electron chi connectivity index (χ3n) is 5.86. The van der Waals surface area contributed by atoms with Crippen LogP contribution < -0.4 is 5.32 Å². The zero-order valence-electron chi connectivity index (χ0n) is 18.1. The first kappa shape index (κ1) is 20.6. The van der Waals surface area contributed by atoms with Gasteiger partial charge in [0, 0.05) is 24.2 Å². The molecule has 34 heavy (non-hydrogen) atoms. The van der Waals surface area contributed by atoms with Crippen molar-refractivity contribution < 1.29 is 9.18 Å². The summed E-state index contributed by atoms with van der Waals surface area (Å²) in [5.41, 5.74) is 5.18. The number of pyridine rings is 1. The average Bonchev–Trinajstić information content (AvgIpc) is 3.36. The third-order valence-corrected chi connectivity index (χ3v) is 7.13. The Hall–Kier alpha value is -3.98. The quantitative estimate of drug-likeness (QED) is 0.412. The van der Waals surface area contributed by atoms with Gasteiger partial charge in [-0.3, -0.25) is 14.5 Å². The molecule has 7 nitrogen and oxygen atoms in total. The van der Waals surface area contributed by atoms with Gasteiger partial charge in [-0.15, -0.1) is 11.8 Å².